The Morgan fingerprint density at radius 1 is 0.756 bits per heavy atom. The van der Waals surface area contributed by atoms with Crippen LogP contribution < -0.4 is 30.7 Å². The second-order valence-electron chi connectivity index (χ2n) is 10.1. The highest BCUT2D eigenvalue weighted by Crippen LogP contribution is 2.37. The van der Waals surface area contributed by atoms with Gasteiger partial charge in [-0.05, 0) is 0 Å². The summed E-state index contributed by atoms with van der Waals surface area (Å²) in [5, 5.41) is 31.2. The van der Waals surface area contributed by atoms with Gasteiger partial charge in [0.2, 0.25) is 17.7 Å². The average molecular weight is 574 g/mol. The van der Waals surface area contributed by atoms with Crippen LogP contribution in [0.5, 0.6) is 23.0 Å². The highest BCUT2D eigenvalue weighted by atomic mass is 16.5. The standard InChI is InChI=1S/C27H36N6O8/c1-16(34)28-20-10-22(36)18(12-24(20)40-4)30-26(38)14-32-6-8-33(3,9-7-32)15-27(39)31-19-13-25(41-5)21(11-23(19)37)29-17(2)35/h10-13H,6-9,14-15H2,1-5H3,(H5-,28,29,30,31,34,35,36,37,38,39)/p+1. The van der Waals surface area contributed by atoms with E-state index in [-0.39, 0.29) is 82.5 Å². The first-order valence-electron chi connectivity index (χ1n) is 12.8. The average Bonchev–Trinajstić information content (AvgIpc) is 2.88. The molecule has 0 atom stereocenters. The number of ether oxygens (including phenoxy) is 2. The molecule has 1 aliphatic heterocycles. The van der Waals surface area contributed by atoms with Crippen molar-refractivity contribution in [2.75, 3.05) is 81.8 Å². The van der Waals surface area contributed by atoms with Crippen LogP contribution >= 0.6 is 0 Å². The van der Waals surface area contributed by atoms with Crippen LogP contribution in [0.3, 0.4) is 0 Å². The Morgan fingerprint density at radius 3 is 1.61 bits per heavy atom. The number of methoxy groups -OCH3 is 2. The minimum absolute atomic E-state index is 0.0791. The Morgan fingerprint density at radius 2 is 1.20 bits per heavy atom. The molecule has 1 saturated heterocycles. The summed E-state index contributed by atoms with van der Waals surface area (Å²) in [6.07, 6.45) is 0. The number of nitrogens with one attached hydrogen (secondary N) is 4. The van der Waals surface area contributed by atoms with Crippen LogP contribution in [0.2, 0.25) is 0 Å². The molecular formula is C27H37N6O8+. The molecule has 14 heteroatoms. The van der Waals surface area contributed by atoms with Crippen molar-refractivity contribution in [3.8, 4) is 23.0 Å². The van der Waals surface area contributed by atoms with Crippen LogP contribution in [0.15, 0.2) is 24.3 Å². The topological polar surface area (TPSA) is 179 Å². The van der Waals surface area contributed by atoms with E-state index in [0.29, 0.717) is 30.7 Å². The van der Waals surface area contributed by atoms with Crippen molar-refractivity contribution < 1.29 is 43.3 Å². The monoisotopic (exact) mass is 573 g/mol. The van der Waals surface area contributed by atoms with E-state index in [1.165, 1.54) is 52.3 Å². The Labute approximate surface area is 237 Å². The highest BCUT2D eigenvalue weighted by Gasteiger charge is 2.32. The van der Waals surface area contributed by atoms with Gasteiger partial charge < -0.3 is 45.4 Å². The molecule has 0 radical (unpaired) electrons. The van der Waals surface area contributed by atoms with Crippen LogP contribution in [-0.4, -0.2) is 104 Å². The second-order valence-corrected chi connectivity index (χ2v) is 10.1. The maximum Gasteiger partial charge on any atom is 0.279 e. The summed E-state index contributed by atoms with van der Waals surface area (Å²) in [6, 6.07) is 5.49. The highest BCUT2D eigenvalue weighted by molar-refractivity contribution is 5.97. The van der Waals surface area contributed by atoms with E-state index in [2.05, 4.69) is 21.3 Å². The number of rotatable bonds is 10. The third kappa shape index (κ3) is 8.46. The summed E-state index contributed by atoms with van der Waals surface area (Å²) < 4.78 is 10.9. The lowest BCUT2D eigenvalue weighted by Crippen LogP contribution is -2.60. The molecule has 0 spiro atoms. The molecule has 1 heterocycles. The number of anilines is 4. The summed E-state index contributed by atoms with van der Waals surface area (Å²) in [5.74, 6) is -1.16. The van der Waals surface area contributed by atoms with Gasteiger partial charge in [-0.1, -0.05) is 0 Å². The molecule has 0 aliphatic carbocycles. The van der Waals surface area contributed by atoms with Crippen molar-refractivity contribution in [1.82, 2.24) is 4.90 Å². The first kappa shape index (κ1) is 31.0. The van der Waals surface area contributed by atoms with E-state index < -0.39 is 0 Å². The summed E-state index contributed by atoms with van der Waals surface area (Å²) in [6.45, 7) is 5.19. The molecule has 1 fully saturated rings. The predicted molar refractivity (Wildman–Crippen MR) is 152 cm³/mol. The molecule has 0 aromatic heterocycles. The summed E-state index contributed by atoms with van der Waals surface area (Å²) in [4.78, 5) is 50.3. The van der Waals surface area contributed by atoms with E-state index in [1.807, 2.05) is 11.9 Å². The fourth-order valence-corrected chi connectivity index (χ4v) is 4.48. The van der Waals surface area contributed by atoms with E-state index in [1.54, 1.807) is 0 Å². The number of amides is 4. The summed E-state index contributed by atoms with van der Waals surface area (Å²) in [7, 11) is 4.77. The Bertz CT molecular complexity index is 1320. The van der Waals surface area contributed by atoms with E-state index in [0.717, 1.165) is 0 Å². The van der Waals surface area contributed by atoms with Gasteiger partial charge >= 0.3 is 0 Å². The number of phenols is 2. The number of hydrogen-bond acceptors (Lipinski definition) is 9. The Kier molecular flexibility index (Phi) is 9.97. The van der Waals surface area contributed by atoms with Crippen LogP contribution in [0, 0.1) is 0 Å². The van der Waals surface area contributed by atoms with Crippen molar-refractivity contribution in [2.24, 2.45) is 0 Å². The molecule has 0 bridgehead atoms. The van der Waals surface area contributed by atoms with Crippen molar-refractivity contribution in [3.63, 3.8) is 0 Å². The lowest BCUT2D eigenvalue weighted by Gasteiger charge is -2.41. The predicted octanol–water partition coefficient (Wildman–Crippen LogP) is 1.37. The SMILES string of the molecule is COc1cc(NC(=O)CN2CC[N+](C)(CC(=O)Nc3cc(OC)c(NC(C)=O)cc3O)CC2)c(O)cc1NC(C)=O. The van der Waals surface area contributed by atoms with Gasteiger partial charge in [0.1, 0.15) is 23.0 Å². The summed E-state index contributed by atoms with van der Waals surface area (Å²) in [5.41, 5.74) is 0.878. The normalized spacial score (nSPS) is 14.5. The zero-order valence-electron chi connectivity index (χ0n) is 23.8. The molecule has 0 saturated carbocycles. The third-order valence-electron chi connectivity index (χ3n) is 6.61. The number of benzene rings is 2. The van der Waals surface area contributed by atoms with Gasteiger partial charge in [0, 0.05) is 51.2 Å². The number of phenolic OH excluding ortho intramolecular Hbond substituents is 2. The largest absolute Gasteiger partial charge is 0.506 e. The van der Waals surface area contributed by atoms with Crippen molar-refractivity contribution >= 4 is 46.4 Å². The lowest BCUT2D eigenvalue weighted by atomic mass is 10.2. The molecule has 41 heavy (non-hydrogen) atoms. The number of piperazine rings is 1. The van der Waals surface area contributed by atoms with Gasteiger partial charge in [0.15, 0.2) is 6.54 Å². The number of likely N-dealkylation sites (N-methyl/N-ethyl adjacent to an activating group) is 1. The zero-order chi connectivity index (χ0) is 30.3. The van der Waals surface area contributed by atoms with E-state index in [4.69, 9.17) is 9.47 Å². The number of nitrogens with zero attached hydrogens (tertiary/aromatic N) is 2. The van der Waals surface area contributed by atoms with Crippen molar-refractivity contribution in [2.45, 2.75) is 13.8 Å². The lowest BCUT2D eigenvalue weighted by molar-refractivity contribution is -0.905. The Hall–Kier alpha value is -4.56. The molecule has 222 valence electrons. The fraction of sp³-hybridized carbons (Fsp3) is 0.407. The fourth-order valence-electron chi connectivity index (χ4n) is 4.48. The molecule has 14 nitrogen and oxygen atoms in total. The minimum Gasteiger partial charge on any atom is -0.506 e. The minimum atomic E-state index is -0.337. The summed E-state index contributed by atoms with van der Waals surface area (Å²) >= 11 is 0. The van der Waals surface area contributed by atoms with Gasteiger partial charge in [-0.15, -0.1) is 0 Å². The quantitative estimate of drug-likeness (QED) is 0.181. The smallest absolute Gasteiger partial charge is 0.279 e. The third-order valence-corrected chi connectivity index (χ3v) is 6.61. The molecule has 3 rings (SSSR count). The molecular weight excluding hydrogens is 536 g/mol. The van der Waals surface area contributed by atoms with E-state index >= 15 is 0 Å². The second kappa shape index (κ2) is 13.2. The number of carbonyl (C=O) groups is 4. The molecule has 1 aliphatic rings. The number of quaternary nitrogens is 1. The van der Waals surface area contributed by atoms with Gasteiger partial charge in [0.05, 0.1) is 63.7 Å². The van der Waals surface area contributed by atoms with Gasteiger partial charge in [-0.25, -0.2) is 0 Å². The van der Waals surface area contributed by atoms with Crippen LogP contribution in [0.25, 0.3) is 0 Å². The van der Waals surface area contributed by atoms with Crippen molar-refractivity contribution in [3.05, 3.63) is 24.3 Å². The maximum atomic E-state index is 12.8. The van der Waals surface area contributed by atoms with Crippen LogP contribution in [0.4, 0.5) is 22.7 Å². The number of hydrogen-bond donors (Lipinski definition) is 6. The molecule has 2 aromatic rings. The number of aromatic hydroxyl groups is 2. The zero-order valence-corrected chi connectivity index (χ0v) is 23.8. The van der Waals surface area contributed by atoms with Gasteiger partial charge in [-0.3, -0.25) is 24.1 Å². The molecule has 6 N–H and O–H groups in total. The molecule has 4 amide bonds. The van der Waals surface area contributed by atoms with Gasteiger partial charge in [0.25, 0.3) is 5.91 Å². The first-order chi connectivity index (χ1) is 19.3. The van der Waals surface area contributed by atoms with Crippen molar-refractivity contribution in [1.29, 1.82) is 0 Å². The molecule has 2 aromatic carbocycles. The van der Waals surface area contributed by atoms with Crippen LogP contribution in [-0.2, 0) is 19.2 Å². The van der Waals surface area contributed by atoms with Gasteiger partial charge in [-0.2, -0.15) is 0 Å². The Balaban J connectivity index is 1.54. The first-order valence-corrected chi connectivity index (χ1v) is 12.8. The van der Waals surface area contributed by atoms with Crippen LogP contribution in [0.1, 0.15) is 13.8 Å². The van der Waals surface area contributed by atoms with E-state index in [9.17, 15) is 29.4 Å². The number of carbonyl (C=O) groups excluding carboxylic acids is 4. The molecule has 0 unspecified atom stereocenters. The maximum absolute atomic E-state index is 12.8.